The SMILES string of the molecule is C[C@@H]1CCCC[NH+]1C[C@H](O)COc1ccc(Cl)cc1. The summed E-state index contributed by atoms with van der Waals surface area (Å²) in [5.74, 6) is 0.755. The number of benzene rings is 1. The van der Waals surface area contributed by atoms with Crippen molar-refractivity contribution in [1.82, 2.24) is 0 Å². The van der Waals surface area contributed by atoms with Gasteiger partial charge in [-0.15, -0.1) is 0 Å². The Balaban J connectivity index is 1.74. The van der Waals surface area contributed by atoms with Crippen molar-refractivity contribution in [3.8, 4) is 5.75 Å². The Bertz CT molecular complexity index is 382. The number of piperidine rings is 1. The fraction of sp³-hybridized carbons (Fsp3) is 0.600. The normalized spacial score (nSPS) is 25.0. The number of hydrogen-bond donors (Lipinski definition) is 2. The van der Waals surface area contributed by atoms with E-state index in [0.29, 0.717) is 17.7 Å². The van der Waals surface area contributed by atoms with E-state index in [1.54, 1.807) is 12.1 Å². The Hall–Kier alpha value is -0.770. The number of ether oxygens (including phenoxy) is 1. The lowest BCUT2D eigenvalue weighted by atomic mass is 10.0. The number of halogens is 1. The maximum atomic E-state index is 10.1. The van der Waals surface area contributed by atoms with Crippen molar-refractivity contribution in [3.63, 3.8) is 0 Å². The molecule has 1 unspecified atom stereocenters. The zero-order valence-electron chi connectivity index (χ0n) is 11.4. The summed E-state index contributed by atoms with van der Waals surface area (Å²) in [5, 5.41) is 10.8. The zero-order chi connectivity index (χ0) is 13.7. The Labute approximate surface area is 120 Å². The average molecular weight is 285 g/mol. The van der Waals surface area contributed by atoms with Crippen molar-refractivity contribution in [2.45, 2.75) is 38.3 Å². The van der Waals surface area contributed by atoms with Gasteiger partial charge in [-0.1, -0.05) is 11.6 Å². The van der Waals surface area contributed by atoms with Crippen molar-refractivity contribution in [2.24, 2.45) is 0 Å². The molecule has 1 aromatic rings. The summed E-state index contributed by atoms with van der Waals surface area (Å²) in [6.45, 7) is 4.55. The monoisotopic (exact) mass is 284 g/mol. The van der Waals surface area contributed by atoms with Crippen LogP contribution in [-0.2, 0) is 0 Å². The van der Waals surface area contributed by atoms with E-state index in [2.05, 4.69) is 6.92 Å². The minimum atomic E-state index is -0.411. The van der Waals surface area contributed by atoms with Gasteiger partial charge in [0.1, 0.15) is 25.0 Å². The van der Waals surface area contributed by atoms with E-state index in [1.165, 1.54) is 30.7 Å². The third-order valence-electron chi connectivity index (χ3n) is 3.84. The Morgan fingerprint density at radius 3 is 2.79 bits per heavy atom. The first kappa shape index (κ1) is 14.6. The van der Waals surface area contributed by atoms with Gasteiger partial charge in [-0.05, 0) is 50.5 Å². The molecular formula is C15H23ClNO2+. The van der Waals surface area contributed by atoms with E-state index >= 15 is 0 Å². The first-order chi connectivity index (χ1) is 9.15. The van der Waals surface area contributed by atoms with Crippen LogP contribution in [0, 0.1) is 0 Å². The van der Waals surface area contributed by atoms with E-state index < -0.39 is 6.10 Å². The van der Waals surface area contributed by atoms with Crippen LogP contribution in [0.4, 0.5) is 0 Å². The number of likely N-dealkylation sites (tertiary alicyclic amines) is 1. The smallest absolute Gasteiger partial charge is 0.137 e. The third kappa shape index (κ3) is 4.68. The molecule has 1 saturated heterocycles. The molecule has 0 aliphatic carbocycles. The molecule has 0 aromatic heterocycles. The molecule has 0 amide bonds. The summed E-state index contributed by atoms with van der Waals surface area (Å²) in [7, 11) is 0. The van der Waals surface area contributed by atoms with Crippen LogP contribution in [0.3, 0.4) is 0 Å². The first-order valence-corrected chi connectivity index (χ1v) is 7.44. The van der Waals surface area contributed by atoms with Gasteiger partial charge in [0.25, 0.3) is 0 Å². The van der Waals surface area contributed by atoms with Crippen molar-refractivity contribution in [2.75, 3.05) is 19.7 Å². The largest absolute Gasteiger partial charge is 0.491 e. The van der Waals surface area contributed by atoms with E-state index in [0.717, 1.165) is 12.3 Å². The summed E-state index contributed by atoms with van der Waals surface area (Å²) < 4.78 is 5.58. The second-order valence-corrected chi connectivity index (χ2v) is 5.86. The minimum absolute atomic E-state index is 0.345. The van der Waals surface area contributed by atoms with Crippen LogP contribution in [0.2, 0.25) is 5.02 Å². The molecule has 3 atom stereocenters. The standard InChI is InChI=1S/C15H22ClNO2/c1-12-4-2-3-9-17(12)10-14(18)11-19-15-7-5-13(16)6-8-15/h5-8,12,14,18H,2-4,9-11H2,1H3/p+1/t12-,14+/m1/s1. The number of rotatable bonds is 5. The summed E-state index contributed by atoms with van der Waals surface area (Å²) in [4.78, 5) is 1.50. The molecule has 19 heavy (non-hydrogen) atoms. The van der Waals surface area contributed by atoms with Gasteiger partial charge < -0.3 is 14.7 Å². The van der Waals surface area contributed by atoms with E-state index in [9.17, 15) is 5.11 Å². The van der Waals surface area contributed by atoms with Crippen LogP contribution in [0.1, 0.15) is 26.2 Å². The van der Waals surface area contributed by atoms with Crippen LogP contribution in [0.5, 0.6) is 5.75 Å². The minimum Gasteiger partial charge on any atom is -0.491 e. The zero-order valence-corrected chi connectivity index (χ0v) is 12.2. The fourth-order valence-corrected chi connectivity index (χ4v) is 2.77. The maximum Gasteiger partial charge on any atom is 0.137 e. The predicted molar refractivity (Wildman–Crippen MR) is 77.0 cm³/mol. The molecule has 2 rings (SSSR count). The Morgan fingerprint density at radius 2 is 2.11 bits per heavy atom. The second kappa shape index (κ2) is 7.13. The molecule has 106 valence electrons. The molecule has 1 heterocycles. The van der Waals surface area contributed by atoms with Gasteiger partial charge >= 0.3 is 0 Å². The van der Waals surface area contributed by atoms with Gasteiger partial charge in [-0.3, -0.25) is 0 Å². The Morgan fingerprint density at radius 1 is 1.37 bits per heavy atom. The topological polar surface area (TPSA) is 33.9 Å². The average Bonchev–Trinajstić information content (AvgIpc) is 2.41. The van der Waals surface area contributed by atoms with Crippen LogP contribution < -0.4 is 9.64 Å². The molecule has 1 aliphatic rings. The molecule has 0 radical (unpaired) electrons. The molecule has 4 heteroatoms. The van der Waals surface area contributed by atoms with Gasteiger partial charge in [-0.25, -0.2) is 0 Å². The highest BCUT2D eigenvalue weighted by Crippen LogP contribution is 2.15. The van der Waals surface area contributed by atoms with Gasteiger partial charge in [-0.2, -0.15) is 0 Å². The van der Waals surface area contributed by atoms with E-state index in [4.69, 9.17) is 16.3 Å². The van der Waals surface area contributed by atoms with E-state index in [1.807, 2.05) is 12.1 Å². The highest BCUT2D eigenvalue weighted by molar-refractivity contribution is 6.30. The highest BCUT2D eigenvalue weighted by Gasteiger charge is 2.24. The molecule has 0 saturated carbocycles. The lowest BCUT2D eigenvalue weighted by Crippen LogP contribution is -3.17. The van der Waals surface area contributed by atoms with Crippen molar-refractivity contribution < 1.29 is 14.7 Å². The lowest BCUT2D eigenvalue weighted by molar-refractivity contribution is -0.931. The number of quaternary nitrogens is 1. The summed E-state index contributed by atoms with van der Waals surface area (Å²) in [6.07, 6.45) is 3.44. The molecule has 0 spiro atoms. The summed E-state index contributed by atoms with van der Waals surface area (Å²) >= 11 is 5.81. The quantitative estimate of drug-likeness (QED) is 0.860. The summed E-state index contributed by atoms with van der Waals surface area (Å²) in [5.41, 5.74) is 0. The number of nitrogens with one attached hydrogen (secondary N) is 1. The van der Waals surface area contributed by atoms with Gasteiger partial charge in [0.2, 0.25) is 0 Å². The van der Waals surface area contributed by atoms with Crippen LogP contribution >= 0.6 is 11.6 Å². The van der Waals surface area contributed by atoms with Crippen molar-refractivity contribution >= 4 is 11.6 Å². The molecule has 3 nitrogen and oxygen atoms in total. The number of aliphatic hydroxyl groups is 1. The van der Waals surface area contributed by atoms with Crippen LogP contribution in [-0.4, -0.2) is 36.9 Å². The molecule has 2 N–H and O–H groups in total. The molecule has 0 bridgehead atoms. The van der Waals surface area contributed by atoms with Crippen molar-refractivity contribution in [3.05, 3.63) is 29.3 Å². The predicted octanol–water partition coefficient (Wildman–Crippen LogP) is 1.54. The molecular weight excluding hydrogens is 262 g/mol. The molecule has 1 fully saturated rings. The lowest BCUT2D eigenvalue weighted by Gasteiger charge is -2.31. The van der Waals surface area contributed by atoms with Gasteiger partial charge in [0.05, 0.1) is 12.6 Å². The van der Waals surface area contributed by atoms with Gasteiger partial charge in [0, 0.05) is 5.02 Å². The Kier molecular flexibility index (Phi) is 5.49. The number of hydrogen-bond acceptors (Lipinski definition) is 2. The second-order valence-electron chi connectivity index (χ2n) is 5.43. The molecule has 1 aliphatic heterocycles. The highest BCUT2D eigenvalue weighted by atomic mass is 35.5. The number of aliphatic hydroxyl groups excluding tert-OH is 1. The third-order valence-corrected chi connectivity index (χ3v) is 4.09. The van der Waals surface area contributed by atoms with Gasteiger partial charge in [0.15, 0.2) is 0 Å². The molecule has 1 aromatic carbocycles. The maximum absolute atomic E-state index is 10.1. The van der Waals surface area contributed by atoms with E-state index in [-0.39, 0.29) is 0 Å². The summed E-state index contributed by atoms with van der Waals surface area (Å²) in [6, 6.07) is 7.89. The van der Waals surface area contributed by atoms with Crippen LogP contribution in [0.15, 0.2) is 24.3 Å². The first-order valence-electron chi connectivity index (χ1n) is 7.06. The van der Waals surface area contributed by atoms with Crippen molar-refractivity contribution in [1.29, 1.82) is 0 Å². The van der Waals surface area contributed by atoms with Crippen LogP contribution in [0.25, 0.3) is 0 Å². The fourth-order valence-electron chi connectivity index (χ4n) is 2.64.